The smallest absolute Gasteiger partial charge is 0.281 e. The number of hydrogen-bond acceptors (Lipinski definition) is 6. The topological polar surface area (TPSA) is 125 Å². The standard InChI is InChI=1S/C22H15Cl3N4O4/c1-8-16(22(33)29(28-8)19-13(24)5-10(23)6-14(19)25)18-20(31)17(21(18)32)12-4-3-11(26)7-15(12)27-9(2)30/h3-7,31H,26H2,1-2H3,(H,27,30)/b18-16+. The number of hydrogen-bond donors (Lipinski definition) is 3. The average molecular weight is 506 g/mol. The summed E-state index contributed by atoms with van der Waals surface area (Å²) < 4.78 is 0. The van der Waals surface area contributed by atoms with Crippen LogP contribution in [0.2, 0.25) is 15.1 Å². The molecule has 8 nitrogen and oxygen atoms in total. The predicted molar refractivity (Wildman–Crippen MR) is 129 cm³/mol. The van der Waals surface area contributed by atoms with Crippen molar-refractivity contribution in [2.75, 3.05) is 16.1 Å². The Labute approximate surface area is 202 Å². The van der Waals surface area contributed by atoms with Crippen molar-refractivity contribution in [3.63, 3.8) is 0 Å². The average Bonchev–Trinajstić information content (AvgIpc) is 2.97. The van der Waals surface area contributed by atoms with Gasteiger partial charge in [0.05, 0.1) is 38.2 Å². The molecule has 0 bridgehead atoms. The van der Waals surface area contributed by atoms with Crippen molar-refractivity contribution in [2.45, 2.75) is 13.8 Å². The molecule has 0 fully saturated rings. The van der Waals surface area contributed by atoms with Gasteiger partial charge in [0, 0.05) is 23.2 Å². The Hall–Kier alpha value is -3.33. The molecule has 33 heavy (non-hydrogen) atoms. The van der Waals surface area contributed by atoms with Crippen molar-refractivity contribution in [3.8, 4) is 0 Å². The highest BCUT2D eigenvalue weighted by Gasteiger charge is 2.44. The van der Waals surface area contributed by atoms with Crippen molar-refractivity contribution >= 4 is 80.7 Å². The number of hydrazone groups is 1. The van der Waals surface area contributed by atoms with Gasteiger partial charge >= 0.3 is 0 Å². The molecule has 168 valence electrons. The maximum atomic E-state index is 13.2. The number of aliphatic hydroxyl groups is 1. The molecule has 0 saturated carbocycles. The number of carbonyl (C=O) groups excluding carboxylic acids is 3. The minimum Gasteiger partial charge on any atom is -0.506 e. The summed E-state index contributed by atoms with van der Waals surface area (Å²) in [5.41, 5.74) is 6.63. The van der Waals surface area contributed by atoms with Gasteiger partial charge in [-0.1, -0.05) is 34.8 Å². The summed E-state index contributed by atoms with van der Waals surface area (Å²) in [6.45, 7) is 2.82. The summed E-state index contributed by atoms with van der Waals surface area (Å²) in [6, 6.07) is 7.31. The fourth-order valence-corrected chi connectivity index (χ4v) is 4.62. The Bertz CT molecular complexity index is 1350. The van der Waals surface area contributed by atoms with E-state index in [0.29, 0.717) is 5.69 Å². The Morgan fingerprint density at radius 3 is 2.27 bits per heavy atom. The lowest BCUT2D eigenvalue weighted by molar-refractivity contribution is -0.115. The molecule has 0 unspecified atom stereocenters. The number of rotatable bonds is 3. The zero-order chi connectivity index (χ0) is 24.2. The van der Waals surface area contributed by atoms with Crippen molar-refractivity contribution < 1.29 is 19.5 Å². The summed E-state index contributed by atoms with van der Waals surface area (Å²) in [4.78, 5) is 37.8. The molecule has 4 rings (SSSR count). The summed E-state index contributed by atoms with van der Waals surface area (Å²) in [5, 5.41) is 19.0. The van der Waals surface area contributed by atoms with Gasteiger partial charge in [-0.15, -0.1) is 0 Å². The quantitative estimate of drug-likeness (QED) is 0.410. The molecule has 0 aromatic heterocycles. The van der Waals surface area contributed by atoms with Crippen LogP contribution in [0.3, 0.4) is 0 Å². The van der Waals surface area contributed by atoms with Crippen LogP contribution in [-0.2, 0) is 14.4 Å². The molecule has 2 amide bonds. The van der Waals surface area contributed by atoms with E-state index in [1.165, 1.54) is 44.2 Å². The van der Waals surface area contributed by atoms with Crippen LogP contribution < -0.4 is 16.1 Å². The van der Waals surface area contributed by atoms with E-state index in [9.17, 15) is 19.5 Å². The highest BCUT2D eigenvalue weighted by Crippen LogP contribution is 2.44. The van der Waals surface area contributed by atoms with Crippen molar-refractivity contribution in [3.05, 3.63) is 67.9 Å². The molecule has 0 saturated heterocycles. The van der Waals surface area contributed by atoms with Crippen LogP contribution >= 0.6 is 34.8 Å². The van der Waals surface area contributed by atoms with Gasteiger partial charge in [0.25, 0.3) is 5.91 Å². The van der Waals surface area contributed by atoms with Crippen LogP contribution in [0.4, 0.5) is 17.1 Å². The molecule has 11 heteroatoms. The Morgan fingerprint density at radius 1 is 1.06 bits per heavy atom. The van der Waals surface area contributed by atoms with Gasteiger partial charge in [0.1, 0.15) is 11.4 Å². The molecule has 0 atom stereocenters. The maximum absolute atomic E-state index is 13.2. The van der Waals surface area contributed by atoms with Gasteiger partial charge in [-0.05, 0) is 37.3 Å². The van der Waals surface area contributed by atoms with Crippen molar-refractivity contribution in [1.29, 1.82) is 0 Å². The monoisotopic (exact) mass is 504 g/mol. The molecule has 1 aliphatic heterocycles. The van der Waals surface area contributed by atoms with Crippen molar-refractivity contribution in [1.82, 2.24) is 0 Å². The molecule has 4 N–H and O–H groups in total. The van der Waals surface area contributed by atoms with E-state index >= 15 is 0 Å². The molecule has 2 aromatic rings. The van der Waals surface area contributed by atoms with Gasteiger partial charge in [0.15, 0.2) is 0 Å². The zero-order valence-electron chi connectivity index (χ0n) is 17.2. The third-order valence-electron chi connectivity index (χ3n) is 5.01. The molecule has 2 aromatic carbocycles. The molecule has 0 radical (unpaired) electrons. The molecular formula is C22H15Cl3N4O4. The first kappa shape index (κ1) is 22.8. The SMILES string of the molecule is CC(=O)Nc1cc(N)ccc1C1=C(O)/C(=C2\C(=O)N(c3c(Cl)cc(Cl)cc3Cl)N=C2C)C1=O. The summed E-state index contributed by atoms with van der Waals surface area (Å²) in [7, 11) is 0. The zero-order valence-corrected chi connectivity index (χ0v) is 19.4. The second-order valence-corrected chi connectivity index (χ2v) is 8.56. The molecule has 0 spiro atoms. The molecular weight excluding hydrogens is 491 g/mol. The van der Waals surface area contributed by atoms with Crippen LogP contribution in [0.1, 0.15) is 19.4 Å². The second kappa shape index (κ2) is 8.22. The fourth-order valence-electron chi connectivity index (χ4n) is 3.64. The Morgan fingerprint density at radius 2 is 1.70 bits per heavy atom. The van der Waals surface area contributed by atoms with Crippen LogP contribution in [0, 0.1) is 0 Å². The first-order valence-corrected chi connectivity index (χ1v) is 10.6. The normalized spacial score (nSPS) is 18.0. The minimum atomic E-state index is -0.688. The van der Waals surface area contributed by atoms with Gasteiger partial charge in [-0.25, -0.2) is 0 Å². The van der Waals surface area contributed by atoms with E-state index < -0.39 is 17.4 Å². The van der Waals surface area contributed by atoms with Crippen LogP contribution in [-0.4, -0.2) is 28.4 Å². The lowest BCUT2D eigenvalue weighted by atomic mass is 9.79. The van der Waals surface area contributed by atoms with E-state index in [0.717, 1.165) is 5.01 Å². The number of benzene rings is 2. The Balaban J connectivity index is 1.81. The largest absolute Gasteiger partial charge is 0.506 e. The first-order valence-electron chi connectivity index (χ1n) is 9.46. The highest BCUT2D eigenvalue weighted by atomic mass is 35.5. The highest BCUT2D eigenvalue weighted by molar-refractivity contribution is 6.47. The third-order valence-corrected chi connectivity index (χ3v) is 5.81. The lowest BCUT2D eigenvalue weighted by Crippen LogP contribution is -2.29. The Kier molecular flexibility index (Phi) is 5.69. The summed E-state index contributed by atoms with van der Waals surface area (Å²) in [5.74, 6) is -2.05. The van der Waals surface area contributed by atoms with Gasteiger partial charge < -0.3 is 16.2 Å². The predicted octanol–water partition coefficient (Wildman–Crippen LogP) is 4.76. The van der Waals surface area contributed by atoms with E-state index in [1.807, 2.05) is 0 Å². The van der Waals surface area contributed by atoms with Crippen LogP contribution in [0.15, 0.2) is 52.3 Å². The molecule has 1 aliphatic carbocycles. The molecule has 2 aliphatic rings. The van der Waals surface area contributed by atoms with E-state index in [4.69, 9.17) is 40.5 Å². The number of nitrogens with one attached hydrogen (secondary N) is 1. The van der Waals surface area contributed by atoms with E-state index in [-0.39, 0.29) is 60.3 Å². The van der Waals surface area contributed by atoms with E-state index in [1.54, 1.807) is 0 Å². The number of ketones is 1. The summed E-state index contributed by atoms with van der Waals surface area (Å²) in [6.07, 6.45) is 0. The number of halogens is 3. The first-order chi connectivity index (χ1) is 15.5. The number of nitrogen functional groups attached to an aromatic ring is 1. The van der Waals surface area contributed by atoms with Crippen molar-refractivity contribution in [2.24, 2.45) is 5.10 Å². The number of nitrogens with two attached hydrogens (primary N) is 1. The number of amides is 2. The number of allylic oxidation sites excluding steroid dienone is 2. The number of aliphatic hydroxyl groups excluding tert-OH is 1. The van der Waals surface area contributed by atoms with Crippen LogP contribution in [0.25, 0.3) is 5.57 Å². The number of anilines is 3. The third kappa shape index (κ3) is 3.76. The summed E-state index contributed by atoms with van der Waals surface area (Å²) >= 11 is 18.4. The fraction of sp³-hybridized carbons (Fsp3) is 0.0909. The number of Topliss-reactive ketones (excluding diaryl/α,β-unsaturated/α-hetero) is 1. The maximum Gasteiger partial charge on any atom is 0.281 e. The van der Waals surface area contributed by atoms with Gasteiger partial charge in [-0.2, -0.15) is 10.1 Å². The minimum absolute atomic E-state index is 0.0529. The van der Waals surface area contributed by atoms with Gasteiger partial charge in [0.2, 0.25) is 11.7 Å². The second-order valence-electron chi connectivity index (χ2n) is 7.31. The number of carbonyl (C=O) groups is 3. The van der Waals surface area contributed by atoms with E-state index in [2.05, 4.69) is 10.4 Å². The number of nitrogens with zero attached hydrogens (tertiary/aromatic N) is 2. The lowest BCUT2D eigenvalue weighted by Gasteiger charge is -2.25. The van der Waals surface area contributed by atoms with Gasteiger partial charge in [-0.3, -0.25) is 14.4 Å². The van der Waals surface area contributed by atoms with Crippen LogP contribution in [0.5, 0.6) is 0 Å². The molecule has 1 heterocycles.